The van der Waals surface area contributed by atoms with Gasteiger partial charge in [0.2, 0.25) is 0 Å². The first kappa shape index (κ1) is 22.6. The Balaban J connectivity index is 1.98. The van der Waals surface area contributed by atoms with Crippen molar-refractivity contribution in [3.63, 3.8) is 0 Å². The summed E-state index contributed by atoms with van der Waals surface area (Å²) in [6, 6.07) is 4.69. The molecule has 0 fully saturated rings. The first-order valence-electron chi connectivity index (χ1n) is 10.8. The number of aromatic hydroxyl groups is 2. The fraction of sp³-hybridized carbons (Fsp3) is 0.667. The lowest BCUT2D eigenvalue weighted by Gasteiger charge is -2.06. The lowest BCUT2D eigenvalue weighted by atomic mass is 10.0. The summed E-state index contributed by atoms with van der Waals surface area (Å²) in [6.45, 7) is 4.27. The van der Waals surface area contributed by atoms with Crippen LogP contribution in [0.5, 0.6) is 11.5 Å². The standard InChI is InChI=1S/C24H40O2/c1-3-4-5-6-7-8-9-10-11-12-13-14-15-16-17-21(2)23-20-22(25)18-19-24(23)26/h17-20,25-26H,3-16H2,1-2H3. The Morgan fingerprint density at radius 1 is 0.769 bits per heavy atom. The fourth-order valence-electron chi connectivity index (χ4n) is 3.43. The summed E-state index contributed by atoms with van der Waals surface area (Å²) in [7, 11) is 0. The molecule has 0 amide bonds. The first-order chi connectivity index (χ1) is 12.6. The topological polar surface area (TPSA) is 40.5 Å². The second kappa shape index (κ2) is 14.7. The van der Waals surface area contributed by atoms with Gasteiger partial charge in [0.05, 0.1) is 0 Å². The van der Waals surface area contributed by atoms with E-state index in [4.69, 9.17) is 0 Å². The Hall–Kier alpha value is -1.44. The molecule has 0 unspecified atom stereocenters. The number of rotatable bonds is 15. The Bertz CT molecular complexity index is 505. The van der Waals surface area contributed by atoms with Gasteiger partial charge in [0, 0.05) is 5.56 Å². The van der Waals surface area contributed by atoms with Crippen LogP contribution in [0.15, 0.2) is 24.3 Å². The van der Waals surface area contributed by atoms with Crippen LogP contribution in [0, 0.1) is 0 Å². The van der Waals surface area contributed by atoms with Crippen molar-refractivity contribution in [1.29, 1.82) is 0 Å². The van der Waals surface area contributed by atoms with E-state index in [9.17, 15) is 10.2 Å². The van der Waals surface area contributed by atoms with Gasteiger partial charge in [-0.25, -0.2) is 0 Å². The lowest BCUT2D eigenvalue weighted by Crippen LogP contribution is -1.84. The molecular formula is C24H40O2. The van der Waals surface area contributed by atoms with Gasteiger partial charge in [0.15, 0.2) is 0 Å². The van der Waals surface area contributed by atoms with Crippen molar-refractivity contribution in [3.8, 4) is 11.5 Å². The molecule has 26 heavy (non-hydrogen) atoms. The third kappa shape index (κ3) is 10.5. The molecular weight excluding hydrogens is 320 g/mol. The molecule has 1 rings (SSSR count). The van der Waals surface area contributed by atoms with Gasteiger partial charge in [-0.3, -0.25) is 0 Å². The fourth-order valence-corrected chi connectivity index (χ4v) is 3.43. The van der Waals surface area contributed by atoms with Crippen LogP contribution in [-0.4, -0.2) is 10.2 Å². The second-order valence-corrected chi connectivity index (χ2v) is 7.62. The molecule has 0 radical (unpaired) electrons. The molecule has 1 aromatic carbocycles. The van der Waals surface area contributed by atoms with E-state index in [2.05, 4.69) is 13.0 Å². The SMILES string of the molecule is CCCCCCCCCCCCCCCC=C(C)c1cc(O)ccc1O. The van der Waals surface area contributed by atoms with E-state index in [0.717, 1.165) is 17.6 Å². The average molecular weight is 361 g/mol. The first-order valence-corrected chi connectivity index (χ1v) is 10.8. The van der Waals surface area contributed by atoms with Crippen LogP contribution < -0.4 is 0 Å². The Morgan fingerprint density at radius 2 is 1.27 bits per heavy atom. The summed E-state index contributed by atoms with van der Waals surface area (Å²) in [5.41, 5.74) is 1.78. The van der Waals surface area contributed by atoms with Crippen molar-refractivity contribution in [1.82, 2.24) is 0 Å². The molecule has 2 heteroatoms. The molecule has 0 aromatic heterocycles. The molecule has 0 saturated heterocycles. The summed E-state index contributed by atoms with van der Waals surface area (Å²) in [4.78, 5) is 0. The van der Waals surface area contributed by atoms with E-state index >= 15 is 0 Å². The van der Waals surface area contributed by atoms with Gasteiger partial charge >= 0.3 is 0 Å². The summed E-state index contributed by atoms with van der Waals surface area (Å²) in [5, 5.41) is 19.4. The molecule has 2 nitrogen and oxygen atoms in total. The van der Waals surface area contributed by atoms with Crippen molar-refractivity contribution in [2.75, 3.05) is 0 Å². The highest BCUT2D eigenvalue weighted by Crippen LogP contribution is 2.28. The van der Waals surface area contributed by atoms with E-state index < -0.39 is 0 Å². The van der Waals surface area contributed by atoms with Gasteiger partial charge in [0.1, 0.15) is 11.5 Å². The summed E-state index contributed by atoms with van der Waals surface area (Å²) in [5.74, 6) is 0.438. The van der Waals surface area contributed by atoms with Crippen molar-refractivity contribution in [3.05, 3.63) is 29.8 Å². The quantitative estimate of drug-likeness (QED) is 0.246. The summed E-state index contributed by atoms with van der Waals surface area (Å²) < 4.78 is 0. The van der Waals surface area contributed by atoms with Crippen molar-refractivity contribution >= 4 is 5.57 Å². The van der Waals surface area contributed by atoms with Crippen LogP contribution >= 0.6 is 0 Å². The van der Waals surface area contributed by atoms with Gasteiger partial charge in [-0.05, 0) is 43.5 Å². The van der Waals surface area contributed by atoms with Crippen LogP contribution in [0.2, 0.25) is 0 Å². The van der Waals surface area contributed by atoms with E-state index in [1.54, 1.807) is 12.1 Å². The zero-order chi connectivity index (χ0) is 19.0. The molecule has 0 heterocycles. The number of hydrogen-bond acceptors (Lipinski definition) is 2. The molecule has 0 aliphatic heterocycles. The molecule has 0 spiro atoms. The zero-order valence-corrected chi connectivity index (χ0v) is 17.1. The minimum absolute atomic E-state index is 0.200. The van der Waals surface area contributed by atoms with Crippen molar-refractivity contribution < 1.29 is 10.2 Å². The highest BCUT2D eigenvalue weighted by molar-refractivity contribution is 5.69. The molecule has 0 aliphatic rings. The normalized spacial score (nSPS) is 11.8. The maximum Gasteiger partial charge on any atom is 0.123 e. The third-order valence-corrected chi connectivity index (χ3v) is 5.16. The molecule has 148 valence electrons. The summed E-state index contributed by atoms with van der Waals surface area (Å²) >= 11 is 0. The highest BCUT2D eigenvalue weighted by Gasteiger charge is 2.04. The van der Waals surface area contributed by atoms with Gasteiger partial charge in [0.25, 0.3) is 0 Å². The molecule has 0 bridgehead atoms. The Morgan fingerprint density at radius 3 is 1.81 bits per heavy atom. The minimum atomic E-state index is 0.200. The van der Waals surface area contributed by atoms with E-state index in [-0.39, 0.29) is 11.5 Å². The molecule has 0 saturated carbocycles. The number of benzene rings is 1. The van der Waals surface area contributed by atoms with Gasteiger partial charge < -0.3 is 10.2 Å². The molecule has 0 atom stereocenters. The summed E-state index contributed by atoms with van der Waals surface area (Å²) in [6.07, 6.45) is 21.1. The second-order valence-electron chi connectivity index (χ2n) is 7.62. The van der Waals surface area contributed by atoms with Crippen molar-refractivity contribution in [2.24, 2.45) is 0 Å². The predicted octanol–water partition coefficient (Wildman–Crippen LogP) is 7.98. The molecule has 0 aliphatic carbocycles. The molecule has 2 N–H and O–H groups in total. The largest absolute Gasteiger partial charge is 0.508 e. The van der Waals surface area contributed by atoms with E-state index in [1.807, 2.05) is 6.92 Å². The Kier molecular flexibility index (Phi) is 12.8. The number of allylic oxidation sites excluding steroid dienone is 2. The van der Waals surface area contributed by atoms with E-state index in [0.29, 0.717) is 0 Å². The minimum Gasteiger partial charge on any atom is -0.508 e. The lowest BCUT2D eigenvalue weighted by molar-refractivity contribution is 0.458. The number of phenols is 2. The maximum atomic E-state index is 9.87. The third-order valence-electron chi connectivity index (χ3n) is 5.16. The number of unbranched alkanes of at least 4 members (excludes halogenated alkanes) is 13. The van der Waals surface area contributed by atoms with E-state index in [1.165, 1.54) is 89.5 Å². The van der Waals surface area contributed by atoms with Crippen LogP contribution in [0.4, 0.5) is 0 Å². The predicted molar refractivity (Wildman–Crippen MR) is 114 cm³/mol. The van der Waals surface area contributed by atoms with Gasteiger partial charge in [-0.15, -0.1) is 0 Å². The average Bonchev–Trinajstić information content (AvgIpc) is 2.63. The van der Waals surface area contributed by atoms with Gasteiger partial charge in [-0.2, -0.15) is 0 Å². The maximum absolute atomic E-state index is 9.87. The smallest absolute Gasteiger partial charge is 0.123 e. The monoisotopic (exact) mass is 360 g/mol. The zero-order valence-electron chi connectivity index (χ0n) is 17.1. The van der Waals surface area contributed by atoms with Crippen LogP contribution in [-0.2, 0) is 0 Å². The van der Waals surface area contributed by atoms with Gasteiger partial charge in [-0.1, -0.05) is 90.0 Å². The number of phenolic OH excluding ortho intramolecular Hbond substituents is 2. The number of hydrogen-bond donors (Lipinski definition) is 2. The van der Waals surface area contributed by atoms with Crippen molar-refractivity contribution in [2.45, 2.75) is 104 Å². The Labute approximate surface area is 161 Å². The molecule has 1 aromatic rings. The van der Waals surface area contributed by atoms with Crippen LogP contribution in [0.3, 0.4) is 0 Å². The highest BCUT2D eigenvalue weighted by atomic mass is 16.3. The van der Waals surface area contributed by atoms with Crippen LogP contribution in [0.1, 0.15) is 109 Å². The van der Waals surface area contributed by atoms with Crippen LogP contribution in [0.25, 0.3) is 5.57 Å².